The van der Waals surface area contributed by atoms with Gasteiger partial charge in [-0.1, -0.05) is 6.92 Å². The summed E-state index contributed by atoms with van der Waals surface area (Å²) in [6.45, 7) is 2.25. The predicted molar refractivity (Wildman–Crippen MR) is 31.7 cm³/mol. The van der Waals surface area contributed by atoms with Crippen LogP contribution in [0.15, 0.2) is 0 Å². The van der Waals surface area contributed by atoms with Crippen molar-refractivity contribution in [2.75, 3.05) is 6.61 Å². The number of hydrogen-bond acceptors (Lipinski definition) is 1. The second-order valence-electron chi connectivity index (χ2n) is 0.724. The SMILES string of the molecule is CCCO.[KH].[NaH]. The first-order valence-electron chi connectivity index (χ1n) is 1.52. The van der Waals surface area contributed by atoms with Crippen LogP contribution in [0, 0.1) is 0 Å². The molecule has 0 rings (SSSR count). The van der Waals surface area contributed by atoms with Crippen molar-refractivity contribution in [3.63, 3.8) is 0 Å². The Morgan fingerprint density at radius 3 is 1.67 bits per heavy atom. The van der Waals surface area contributed by atoms with E-state index in [0.717, 1.165) is 6.42 Å². The molecule has 3 heteroatoms. The van der Waals surface area contributed by atoms with Crippen molar-refractivity contribution in [2.45, 2.75) is 13.3 Å². The van der Waals surface area contributed by atoms with Crippen LogP contribution >= 0.6 is 0 Å². The first-order valence-corrected chi connectivity index (χ1v) is 1.52. The zero-order chi connectivity index (χ0) is 3.41. The Hall–Kier alpha value is 2.60. The van der Waals surface area contributed by atoms with Gasteiger partial charge >= 0.3 is 80.9 Å². The van der Waals surface area contributed by atoms with E-state index in [-0.39, 0.29) is 80.9 Å². The molecular weight excluding hydrogens is 114 g/mol. The first-order chi connectivity index (χ1) is 1.91. The van der Waals surface area contributed by atoms with E-state index in [2.05, 4.69) is 0 Å². The molecule has 1 nitrogen and oxygen atoms in total. The Balaban J connectivity index is -0.0000000450. The van der Waals surface area contributed by atoms with E-state index in [0.29, 0.717) is 6.61 Å². The van der Waals surface area contributed by atoms with Crippen molar-refractivity contribution in [1.82, 2.24) is 0 Å². The second kappa shape index (κ2) is 15.6. The molecule has 0 aromatic carbocycles. The number of aliphatic hydroxyl groups excluding tert-OH is 1. The molecule has 1 N–H and O–H groups in total. The molecule has 0 aromatic rings. The van der Waals surface area contributed by atoms with E-state index in [1.165, 1.54) is 0 Å². The van der Waals surface area contributed by atoms with Crippen molar-refractivity contribution >= 4 is 80.9 Å². The monoisotopic (exact) mass is 124 g/mol. The molecule has 6 heavy (non-hydrogen) atoms. The summed E-state index contributed by atoms with van der Waals surface area (Å²) in [7, 11) is 0. The Morgan fingerprint density at radius 1 is 1.50 bits per heavy atom. The van der Waals surface area contributed by atoms with E-state index >= 15 is 0 Å². The van der Waals surface area contributed by atoms with Gasteiger partial charge in [0.15, 0.2) is 0 Å². The molecule has 0 aromatic heterocycles. The summed E-state index contributed by atoms with van der Waals surface area (Å²) < 4.78 is 0. The summed E-state index contributed by atoms with van der Waals surface area (Å²) in [4.78, 5) is 0. The van der Waals surface area contributed by atoms with E-state index in [1.807, 2.05) is 6.92 Å². The third-order valence-corrected chi connectivity index (χ3v) is 0.224. The first kappa shape index (κ1) is 15.8. The minimum absolute atomic E-state index is 0. The van der Waals surface area contributed by atoms with Crippen molar-refractivity contribution in [3.8, 4) is 0 Å². The van der Waals surface area contributed by atoms with Gasteiger partial charge in [-0.25, -0.2) is 0 Å². The van der Waals surface area contributed by atoms with Gasteiger partial charge in [0.1, 0.15) is 0 Å². The molecule has 0 spiro atoms. The van der Waals surface area contributed by atoms with E-state index < -0.39 is 0 Å². The van der Waals surface area contributed by atoms with E-state index in [1.54, 1.807) is 0 Å². The molecule has 0 aliphatic heterocycles. The Bertz CT molecular complexity index is 12.8. The third kappa shape index (κ3) is 16.0. The molecule has 0 heterocycles. The quantitative estimate of drug-likeness (QED) is 0.449. The summed E-state index contributed by atoms with van der Waals surface area (Å²) in [6, 6.07) is 0. The van der Waals surface area contributed by atoms with Crippen LogP contribution in [0.25, 0.3) is 0 Å². The fraction of sp³-hybridized carbons (Fsp3) is 1.00. The summed E-state index contributed by atoms with van der Waals surface area (Å²) in [6.07, 6.45) is 0.875. The molecule has 0 saturated heterocycles. The Kier molecular flexibility index (Phi) is 41.3. The average molecular weight is 124 g/mol. The average Bonchev–Trinajstić information content (AvgIpc) is 1.37. The summed E-state index contributed by atoms with van der Waals surface area (Å²) in [5, 5.41) is 7.88. The van der Waals surface area contributed by atoms with Gasteiger partial charge in [-0.2, -0.15) is 0 Å². The van der Waals surface area contributed by atoms with Crippen LogP contribution in [-0.4, -0.2) is 92.7 Å². The standard InChI is InChI=1S/C3H8O.K.Na.2H/c1-2-3-4;;;;/h4H,2-3H2,1H3;;;;. The third-order valence-electron chi connectivity index (χ3n) is 0.224. The molecule has 0 atom stereocenters. The van der Waals surface area contributed by atoms with Gasteiger partial charge in [0, 0.05) is 6.61 Å². The minimum atomic E-state index is 0. The zero-order valence-corrected chi connectivity index (χ0v) is 2.86. The maximum absolute atomic E-state index is 7.88. The predicted octanol–water partition coefficient (Wildman–Crippen LogP) is -0.908. The molecule has 0 fully saturated rings. The molecule has 0 aliphatic carbocycles. The maximum atomic E-state index is 7.88. The second-order valence-corrected chi connectivity index (χ2v) is 0.724. The molecule has 0 unspecified atom stereocenters. The zero-order valence-electron chi connectivity index (χ0n) is 2.86. The van der Waals surface area contributed by atoms with E-state index in [9.17, 15) is 0 Å². The van der Waals surface area contributed by atoms with Crippen LogP contribution in [0.2, 0.25) is 0 Å². The van der Waals surface area contributed by atoms with Crippen LogP contribution in [-0.2, 0) is 0 Å². The molecule has 0 amide bonds. The van der Waals surface area contributed by atoms with Gasteiger partial charge in [0.2, 0.25) is 0 Å². The summed E-state index contributed by atoms with van der Waals surface area (Å²) in [5.74, 6) is 0. The summed E-state index contributed by atoms with van der Waals surface area (Å²) in [5.41, 5.74) is 0. The van der Waals surface area contributed by atoms with Crippen molar-refractivity contribution in [3.05, 3.63) is 0 Å². The van der Waals surface area contributed by atoms with Crippen LogP contribution in [0.1, 0.15) is 13.3 Å². The molecule has 0 radical (unpaired) electrons. The molecule has 30 valence electrons. The van der Waals surface area contributed by atoms with Crippen LogP contribution in [0.5, 0.6) is 0 Å². The number of hydrogen-bond donors (Lipinski definition) is 1. The fourth-order valence-electron chi connectivity index (χ4n) is 0. The van der Waals surface area contributed by atoms with Gasteiger partial charge in [-0.3, -0.25) is 0 Å². The van der Waals surface area contributed by atoms with E-state index in [4.69, 9.17) is 5.11 Å². The van der Waals surface area contributed by atoms with Gasteiger partial charge in [0.05, 0.1) is 0 Å². The molecule has 0 saturated carbocycles. The molecule has 0 aliphatic rings. The Morgan fingerprint density at radius 2 is 1.67 bits per heavy atom. The van der Waals surface area contributed by atoms with Gasteiger partial charge < -0.3 is 5.11 Å². The normalized spacial score (nSPS) is 5.00. The van der Waals surface area contributed by atoms with Gasteiger partial charge in [-0.15, -0.1) is 0 Å². The Labute approximate surface area is 104 Å². The topological polar surface area (TPSA) is 20.2 Å². The number of aliphatic hydroxyl groups is 1. The van der Waals surface area contributed by atoms with Crippen LogP contribution in [0.4, 0.5) is 0 Å². The molecular formula is C3H10KNaO. The van der Waals surface area contributed by atoms with Crippen molar-refractivity contribution in [2.24, 2.45) is 0 Å². The fourth-order valence-corrected chi connectivity index (χ4v) is 0. The van der Waals surface area contributed by atoms with Crippen LogP contribution in [0.3, 0.4) is 0 Å². The van der Waals surface area contributed by atoms with Crippen LogP contribution < -0.4 is 0 Å². The van der Waals surface area contributed by atoms with Crippen molar-refractivity contribution < 1.29 is 5.11 Å². The van der Waals surface area contributed by atoms with Gasteiger partial charge in [-0.05, 0) is 6.42 Å². The van der Waals surface area contributed by atoms with Crippen molar-refractivity contribution in [1.29, 1.82) is 0 Å². The van der Waals surface area contributed by atoms with Gasteiger partial charge in [0.25, 0.3) is 0 Å². The molecule has 0 bridgehead atoms. The summed E-state index contributed by atoms with van der Waals surface area (Å²) >= 11 is 0. The number of rotatable bonds is 1.